The van der Waals surface area contributed by atoms with Crippen LogP contribution in [-0.4, -0.2) is 10.6 Å². The van der Waals surface area contributed by atoms with Crippen LogP contribution in [0.1, 0.15) is 18.9 Å². The molecule has 19 heavy (non-hydrogen) atoms. The molecule has 0 saturated heterocycles. The maximum atomic E-state index is 4.50. The Kier molecular flexibility index (Phi) is 2.99. The lowest BCUT2D eigenvalue weighted by atomic mass is 9.96. The first-order valence-corrected chi connectivity index (χ1v) is 6.50. The molecule has 0 bridgehead atoms. The summed E-state index contributed by atoms with van der Waals surface area (Å²) in [6.45, 7) is 2.12. The summed E-state index contributed by atoms with van der Waals surface area (Å²) in [5, 5.41) is 12.3. The molecule has 1 unspecified atom stereocenters. The fourth-order valence-electron chi connectivity index (χ4n) is 2.29. The number of anilines is 1. The van der Waals surface area contributed by atoms with Crippen molar-refractivity contribution in [2.24, 2.45) is 10.2 Å². The molecule has 0 spiro atoms. The van der Waals surface area contributed by atoms with Crippen LogP contribution in [0.25, 0.3) is 0 Å². The van der Waals surface area contributed by atoms with Crippen molar-refractivity contribution in [1.82, 2.24) is 4.98 Å². The molecule has 4 nitrogen and oxygen atoms in total. The number of rotatable bonds is 3. The van der Waals surface area contributed by atoms with E-state index in [0.717, 1.165) is 24.2 Å². The van der Waals surface area contributed by atoms with Gasteiger partial charge < -0.3 is 5.32 Å². The van der Waals surface area contributed by atoms with Gasteiger partial charge in [-0.25, -0.2) is 0 Å². The van der Waals surface area contributed by atoms with Gasteiger partial charge in [0.2, 0.25) is 0 Å². The zero-order chi connectivity index (χ0) is 13.1. The molecule has 1 aliphatic heterocycles. The number of aromatic nitrogens is 1. The van der Waals surface area contributed by atoms with E-state index in [1.165, 1.54) is 5.56 Å². The van der Waals surface area contributed by atoms with E-state index in [-0.39, 0.29) is 5.66 Å². The van der Waals surface area contributed by atoms with Crippen LogP contribution in [0.3, 0.4) is 0 Å². The van der Waals surface area contributed by atoms with E-state index in [1.807, 2.05) is 30.5 Å². The molecule has 2 heterocycles. The maximum absolute atomic E-state index is 4.50. The van der Waals surface area contributed by atoms with Crippen LogP contribution in [0.4, 0.5) is 11.4 Å². The summed E-state index contributed by atoms with van der Waals surface area (Å²) in [4.78, 5) is 4.14. The van der Waals surface area contributed by atoms with Gasteiger partial charge in [-0.3, -0.25) is 4.98 Å². The minimum atomic E-state index is -0.364. The summed E-state index contributed by atoms with van der Waals surface area (Å²) in [5.41, 5.74) is 2.70. The molecule has 4 heteroatoms. The zero-order valence-electron chi connectivity index (χ0n) is 10.9. The molecule has 0 aliphatic carbocycles. The van der Waals surface area contributed by atoms with Gasteiger partial charge in [0.1, 0.15) is 5.69 Å². The number of hydrogen-bond acceptors (Lipinski definition) is 4. The number of fused-ring (bicyclic) bond motifs is 1. The Morgan fingerprint density at radius 3 is 2.79 bits per heavy atom. The van der Waals surface area contributed by atoms with E-state index in [2.05, 4.69) is 39.6 Å². The Bertz CT molecular complexity index is 594. The van der Waals surface area contributed by atoms with Gasteiger partial charge in [-0.1, -0.05) is 37.3 Å². The molecule has 0 saturated carbocycles. The van der Waals surface area contributed by atoms with E-state index in [0.29, 0.717) is 0 Å². The van der Waals surface area contributed by atoms with Gasteiger partial charge in [0.15, 0.2) is 5.66 Å². The van der Waals surface area contributed by atoms with E-state index in [1.54, 1.807) is 6.20 Å². The minimum absolute atomic E-state index is 0.364. The van der Waals surface area contributed by atoms with Gasteiger partial charge in [-0.05, 0) is 18.1 Å². The zero-order valence-corrected chi connectivity index (χ0v) is 10.9. The number of azo groups is 1. The van der Waals surface area contributed by atoms with Gasteiger partial charge in [0.25, 0.3) is 0 Å². The number of pyridine rings is 1. The normalized spacial score (nSPS) is 20.7. The van der Waals surface area contributed by atoms with Gasteiger partial charge in [0, 0.05) is 12.6 Å². The Balaban J connectivity index is 1.90. The Labute approximate surface area is 112 Å². The second kappa shape index (κ2) is 4.80. The molecule has 96 valence electrons. The van der Waals surface area contributed by atoms with E-state index >= 15 is 0 Å². The molecule has 1 aromatic carbocycles. The Morgan fingerprint density at radius 1 is 1.16 bits per heavy atom. The van der Waals surface area contributed by atoms with E-state index < -0.39 is 0 Å². The minimum Gasteiger partial charge on any atom is -0.356 e. The highest BCUT2D eigenvalue weighted by molar-refractivity contribution is 5.65. The summed E-state index contributed by atoms with van der Waals surface area (Å²) in [5.74, 6) is 0. The summed E-state index contributed by atoms with van der Waals surface area (Å²) < 4.78 is 0. The van der Waals surface area contributed by atoms with Crippen molar-refractivity contribution in [1.29, 1.82) is 0 Å². The fourth-order valence-corrected chi connectivity index (χ4v) is 2.29. The van der Waals surface area contributed by atoms with Gasteiger partial charge in [-0.15, -0.1) is 0 Å². The molecule has 1 aromatic heterocycles. The quantitative estimate of drug-likeness (QED) is 0.899. The number of nitrogens with zero attached hydrogens (tertiary/aromatic N) is 3. The Hall–Kier alpha value is -2.23. The van der Waals surface area contributed by atoms with Crippen molar-refractivity contribution in [2.45, 2.75) is 25.4 Å². The molecule has 0 amide bonds. The molecule has 0 radical (unpaired) electrons. The van der Waals surface area contributed by atoms with Gasteiger partial charge >= 0.3 is 0 Å². The molecule has 0 fully saturated rings. The smallest absolute Gasteiger partial charge is 0.154 e. The van der Waals surface area contributed by atoms with Crippen molar-refractivity contribution >= 4 is 11.4 Å². The van der Waals surface area contributed by atoms with Crippen molar-refractivity contribution in [3.8, 4) is 0 Å². The van der Waals surface area contributed by atoms with Crippen LogP contribution >= 0.6 is 0 Å². The largest absolute Gasteiger partial charge is 0.356 e. The molecule has 2 aromatic rings. The molecule has 3 rings (SSSR count). The molecule has 1 N–H and O–H groups in total. The second-order valence-electron chi connectivity index (χ2n) is 4.77. The molecule has 1 aliphatic rings. The SMILES string of the molecule is CCC1(Cc2ccccc2)N=Nc2ccncc2N1. The standard InChI is InChI=1S/C15H16N4/c1-2-15(10-12-6-4-3-5-7-12)17-14-11-16-9-8-13(14)18-19-15/h3-9,11,17H,2,10H2,1H3. The second-order valence-corrected chi connectivity index (χ2v) is 4.77. The number of nitrogens with one attached hydrogen (secondary N) is 1. The third-order valence-corrected chi connectivity index (χ3v) is 3.44. The highest BCUT2D eigenvalue weighted by atomic mass is 15.3. The lowest BCUT2D eigenvalue weighted by Crippen LogP contribution is -2.39. The average molecular weight is 252 g/mol. The number of benzene rings is 1. The van der Waals surface area contributed by atoms with E-state index in [9.17, 15) is 0 Å². The van der Waals surface area contributed by atoms with Crippen molar-refractivity contribution in [2.75, 3.05) is 5.32 Å². The third-order valence-electron chi connectivity index (χ3n) is 3.44. The monoisotopic (exact) mass is 252 g/mol. The van der Waals surface area contributed by atoms with Crippen molar-refractivity contribution < 1.29 is 0 Å². The first-order valence-electron chi connectivity index (χ1n) is 6.50. The summed E-state index contributed by atoms with van der Waals surface area (Å²) >= 11 is 0. The van der Waals surface area contributed by atoms with Crippen LogP contribution in [0.15, 0.2) is 59.0 Å². The van der Waals surface area contributed by atoms with Crippen LogP contribution in [0.5, 0.6) is 0 Å². The molecular formula is C15H16N4. The highest BCUT2D eigenvalue weighted by Crippen LogP contribution is 2.36. The van der Waals surface area contributed by atoms with Crippen molar-refractivity contribution in [3.05, 3.63) is 54.4 Å². The summed E-state index contributed by atoms with van der Waals surface area (Å²) in [7, 11) is 0. The first-order chi connectivity index (χ1) is 9.31. The van der Waals surface area contributed by atoms with Crippen LogP contribution in [0.2, 0.25) is 0 Å². The number of hydrogen-bond donors (Lipinski definition) is 1. The lowest BCUT2D eigenvalue weighted by molar-refractivity contribution is 0.441. The predicted molar refractivity (Wildman–Crippen MR) is 75.5 cm³/mol. The van der Waals surface area contributed by atoms with Crippen LogP contribution < -0.4 is 5.32 Å². The van der Waals surface area contributed by atoms with Crippen LogP contribution in [0, 0.1) is 0 Å². The Morgan fingerprint density at radius 2 is 2.00 bits per heavy atom. The molecular weight excluding hydrogens is 236 g/mol. The van der Waals surface area contributed by atoms with Crippen LogP contribution in [-0.2, 0) is 6.42 Å². The first kappa shape index (κ1) is 11.8. The summed E-state index contributed by atoms with van der Waals surface area (Å²) in [6.07, 6.45) is 5.24. The van der Waals surface area contributed by atoms with E-state index in [4.69, 9.17) is 0 Å². The predicted octanol–water partition coefficient (Wildman–Crippen LogP) is 3.94. The molecule has 1 atom stereocenters. The van der Waals surface area contributed by atoms with Gasteiger partial charge in [-0.2, -0.15) is 10.2 Å². The topological polar surface area (TPSA) is 49.6 Å². The lowest BCUT2D eigenvalue weighted by Gasteiger charge is -2.32. The third kappa shape index (κ3) is 2.34. The average Bonchev–Trinajstić information content (AvgIpc) is 2.48. The fraction of sp³-hybridized carbons (Fsp3) is 0.267. The highest BCUT2D eigenvalue weighted by Gasteiger charge is 2.31. The van der Waals surface area contributed by atoms with Crippen molar-refractivity contribution in [3.63, 3.8) is 0 Å². The maximum Gasteiger partial charge on any atom is 0.154 e. The summed E-state index contributed by atoms with van der Waals surface area (Å²) in [6, 6.07) is 12.2. The van der Waals surface area contributed by atoms with Gasteiger partial charge in [0.05, 0.1) is 11.9 Å².